The average molecular weight is 480 g/mol. The van der Waals surface area contributed by atoms with Crippen molar-refractivity contribution in [3.63, 3.8) is 0 Å². The van der Waals surface area contributed by atoms with Crippen LogP contribution in [0.4, 0.5) is 4.39 Å². The van der Waals surface area contributed by atoms with Crippen LogP contribution in [0.2, 0.25) is 0 Å². The normalized spacial score (nSPS) is 15.8. The zero-order chi connectivity index (χ0) is 22.9. The maximum atomic E-state index is 13.5. The van der Waals surface area contributed by atoms with Gasteiger partial charge in [0.05, 0.1) is 22.4 Å². The van der Waals surface area contributed by atoms with E-state index in [1.54, 1.807) is 35.7 Å². The minimum absolute atomic E-state index is 0.0143. The Bertz CT molecular complexity index is 1420. The van der Waals surface area contributed by atoms with Gasteiger partial charge in [-0.1, -0.05) is 36.0 Å². The molecule has 1 aromatic carbocycles. The predicted octanol–water partition coefficient (Wildman–Crippen LogP) is 4.07. The summed E-state index contributed by atoms with van der Waals surface area (Å²) in [6.07, 6.45) is 2.21. The molecule has 1 amide bonds. The van der Waals surface area contributed by atoms with Gasteiger partial charge in [-0.2, -0.15) is 10.1 Å². The highest BCUT2D eigenvalue weighted by atomic mass is 32.2. The van der Waals surface area contributed by atoms with E-state index >= 15 is 0 Å². The SMILES string of the molecule is Cc1ccc2nc(SCC(=O)N3N=C(c4cccs4)C[C@@H]3c3ccc(F)cc3)nc(=O)n2c1. The van der Waals surface area contributed by atoms with Crippen LogP contribution < -0.4 is 5.69 Å². The molecule has 1 aliphatic heterocycles. The van der Waals surface area contributed by atoms with Crippen molar-refractivity contribution in [3.05, 3.63) is 92.4 Å². The Labute approximate surface area is 196 Å². The van der Waals surface area contributed by atoms with E-state index in [2.05, 4.69) is 15.1 Å². The smallest absolute Gasteiger partial charge is 0.272 e. The van der Waals surface area contributed by atoms with Crippen LogP contribution in [0.5, 0.6) is 0 Å². The van der Waals surface area contributed by atoms with Gasteiger partial charge in [0.2, 0.25) is 0 Å². The van der Waals surface area contributed by atoms with Crippen LogP contribution in [-0.4, -0.2) is 36.7 Å². The fourth-order valence-corrected chi connectivity index (χ4v) is 5.04. The molecule has 4 heterocycles. The Balaban J connectivity index is 1.39. The summed E-state index contributed by atoms with van der Waals surface area (Å²) in [6, 6.07) is 13.3. The Kier molecular flexibility index (Phi) is 5.77. The number of nitrogens with zero attached hydrogens (tertiary/aromatic N) is 5. The number of hydrogen-bond donors (Lipinski definition) is 0. The number of hydrogen-bond acceptors (Lipinski definition) is 7. The Morgan fingerprint density at radius 3 is 2.76 bits per heavy atom. The Morgan fingerprint density at radius 2 is 2.00 bits per heavy atom. The molecule has 0 fully saturated rings. The van der Waals surface area contributed by atoms with E-state index in [1.807, 2.05) is 30.5 Å². The molecule has 0 bridgehead atoms. The fraction of sp³-hybridized carbons (Fsp3) is 0.174. The summed E-state index contributed by atoms with van der Waals surface area (Å²) in [5.41, 5.74) is 2.57. The summed E-state index contributed by atoms with van der Waals surface area (Å²) in [7, 11) is 0. The first kappa shape index (κ1) is 21.5. The monoisotopic (exact) mass is 479 g/mol. The maximum Gasteiger partial charge on any atom is 0.355 e. The van der Waals surface area contributed by atoms with Crippen LogP contribution in [0.1, 0.15) is 28.5 Å². The molecule has 0 aliphatic carbocycles. The third kappa shape index (κ3) is 4.44. The molecule has 5 rings (SSSR count). The Hall–Kier alpha value is -3.37. The minimum Gasteiger partial charge on any atom is -0.272 e. The fourth-order valence-electron chi connectivity index (χ4n) is 3.64. The van der Waals surface area contributed by atoms with Crippen molar-refractivity contribution in [1.29, 1.82) is 0 Å². The highest BCUT2D eigenvalue weighted by Gasteiger charge is 2.33. The van der Waals surface area contributed by atoms with Gasteiger partial charge in [-0.3, -0.25) is 9.20 Å². The molecule has 166 valence electrons. The van der Waals surface area contributed by atoms with Gasteiger partial charge in [0, 0.05) is 12.6 Å². The molecule has 0 N–H and O–H groups in total. The first-order valence-corrected chi connectivity index (χ1v) is 12.0. The van der Waals surface area contributed by atoms with Crippen molar-refractivity contribution in [2.45, 2.75) is 24.5 Å². The molecule has 0 spiro atoms. The van der Waals surface area contributed by atoms with Gasteiger partial charge >= 0.3 is 5.69 Å². The van der Waals surface area contributed by atoms with Crippen molar-refractivity contribution in [2.75, 3.05) is 5.75 Å². The molecule has 33 heavy (non-hydrogen) atoms. The van der Waals surface area contributed by atoms with Gasteiger partial charge in [0.15, 0.2) is 5.16 Å². The molecule has 10 heteroatoms. The first-order chi connectivity index (χ1) is 16.0. The highest BCUT2D eigenvalue weighted by molar-refractivity contribution is 7.99. The van der Waals surface area contributed by atoms with Gasteiger partial charge < -0.3 is 0 Å². The number of aryl methyl sites for hydroxylation is 1. The van der Waals surface area contributed by atoms with Crippen molar-refractivity contribution >= 4 is 40.4 Å². The summed E-state index contributed by atoms with van der Waals surface area (Å²) >= 11 is 2.65. The largest absolute Gasteiger partial charge is 0.355 e. The summed E-state index contributed by atoms with van der Waals surface area (Å²) in [5, 5.41) is 8.24. The van der Waals surface area contributed by atoms with Crippen LogP contribution in [0.3, 0.4) is 0 Å². The number of rotatable bonds is 5. The molecule has 1 atom stereocenters. The minimum atomic E-state index is -0.443. The molecule has 1 aliphatic rings. The molecule has 0 saturated heterocycles. The van der Waals surface area contributed by atoms with E-state index in [4.69, 9.17) is 0 Å². The van der Waals surface area contributed by atoms with Crippen molar-refractivity contribution < 1.29 is 9.18 Å². The molecule has 0 radical (unpaired) electrons. The molecular weight excluding hydrogens is 461 g/mol. The summed E-state index contributed by atoms with van der Waals surface area (Å²) in [5.74, 6) is -0.562. The van der Waals surface area contributed by atoms with E-state index in [-0.39, 0.29) is 28.7 Å². The zero-order valence-electron chi connectivity index (χ0n) is 17.5. The second-order valence-electron chi connectivity index (χ2n) is 7.55. The number of thiophene rings is 1. The standard InChI is InChI=1S/C23H18FN5O2S2/c1-14-4-9-20-25-22(26-23(31)28(20)12-14)33-13-21(30)29-18(15-5-7-16(24)8-6-15)11-17(27-29)19-3-2-10-32-19/h2-10,12,18H,11,13H2,1H3/t18-/m1/s1. The zero-order valence-corrected chi connectivity index (χ0v) is 19.1. The molecule has 7 nitrogen and oxygen atoms in total. The second kappa shape index (κ2) is 8.87. The topological polar surface area (TPSA) is 79.9 Å². The third-order valence-corrected chi connectivity index (χ3v) is 6.98. The van der Waals surface area contributed by atoms with E-state index in [0.717, 1.165) is 33.5 Å². The maximum absolute atomic E-state index is 13.5. The van der Waals surface area contributed by atoms with Crippen LogP contribution in [-0.2, 0) is 4.79 Å². The number of carbonyl (C=O) groups is 1. The third-order valence-electron chi connectivity index (χ3n) is 5.23. The number of thioether (sulfide) groups is 1. The number of halogens is 1. The predicted molar refractivity (Wildman–Crippen MR) is 126 cm³/mol. The molecule has 0 unspecified atom stereocenters. The second-order valence-corrected chi connectivity index (χ2v) is 9.44. The molecule has 3 aromatic heterocycles. The number of amides is 1. The Morgan fingerprint density at radius 1 is 1.18 bits per heavy atom. The quantitative estimate of drug-likeness (QED) is 0.403. The van der Waals surface area contributed by atoms with Crippen LogP contribution >= 0.6 is 23.1 Å². The van der Waals surface area contributed by atoms with Gasteiger partial charge in [-0.25, -0.2) is 19.2 Å². The van der Waals surface area contributed by atoms with Crippen LogP contribution in [0.15, 0.2) is 75.2 Å². The van der Waals surface area contributed by atoms with Crippen molar-refractivity contribution in [2.24, 2.45) is 5.10 Å². The first-order valence-electron chi connectivity index (χ1n) is 10.2. The number of carbonyl (C=O) groups excluding carboxylic acids is 1. The highest BCUT2D eigenvalue weighted by Crippen LogP contribution is 2.34. The van der Waals surface area contributed by atoms with Gasteiger partial charge in [0.1, 0.15) is 11.5 Å². The lowest BCUT2D eigenvalue weighted by Crippen LogP contribution is -2.29. The number of fused-ring (bicyclic) bond motifs is 1. The van der Waals surface area contributed by atoms with E-state index in [0.29, 0.717) is 12.1 Å². The number of aromatic nitrogens is 3. The number of hydrazone groups is 1. The lowest BCUT2D eigenvalue weighted by Gasteiger charge is -2.21. The average Bonchev–Trinajstić information content (AvgIpc) is 3.49. The lowest BCUT2D eigenvalue weighted by atomic mass is 10.0. The van der Waals surface area contributed by atoms with Gasteiger partial charge in [-0.15, -0.1) is 11.3 Å². The summed E-state index contributed by atoms with van der Waals surface area (Å²) < 4.78 is 14.8. The van der Waals surface area contributed by atoms with Crippen molar-refractivity contribution in [1.82, 2.24) is 19.4 Å². The summed E-state index contributed by atoms with van der Waals surface area (Å²) in [6.45, 7) is 1.88. The van der Waals surface area contributed by atoms with Crippen LogP contribution in [0, 0.1) is 12.7 Å². The van der Waals surface area contributed by atoms with E-state index in [9.17, 15) is 14.0 Å². The molecule has 0 saturated carbocycles. The number of pyridine rings is 1. The van der Waals surface area contributed by atoms with E-state index in [1.165, 1.54) is 21.5 Å². The van der Waals surface area contributed by atoms with Crippen molar-refractivity contribution in [3.8, 4) is 0 Å². The molecular formula is C23H18FN5O2S2. The lowest BCUT2D eigenvalue weighted by molar-refractivity contribution is -0.130. The van der Waals surface area contributed by atoms with E-state index < -0.39 is 5.69 Å². The summed E-state index contributed by atoms with van der Waals surface area (Å²) in [4.78, 5) is 34.9. The van der Waals surface area contributed by atoms with Gasteiger partial charge in [0.25, 0.3) is 5.91 Å². The number of benzene rings is 1. The molecule has 4 aromatic rings. The van der Waals surface area contributed by atoms with Gasteiger partial charge in [-0.05, 0) is 47.7 Å². The van der Waals surface area contributed by atoms with Crippen LogP contribution in [0.25, 0.3) is 5.65 Å².